The highest BCUT2D eigenvalue weighted by Gasteiger charge is 2.20. The molecule has 1 heterocycles. The molecule has 1 N–H and O–H groups in total. The van der Waals surface area contributed by atoms with E-state index in [0.29, 0.717) is 6.04 Å². The second-order valence-electron chi connectivity index (χ2n) is 6.60. The lowest BCUT2D eigenvalue weighted by Crippen LogP contribution is -2.29. The van der Waals surface area contributed by atoms with Gasteiger partial charge < -0.3 is 15.0 Å². The van der Waals surface area contributed by atoms with E-state index >= 15 is 0 Å². The maximum absolute atomic E-state index is 5.83. The molecule has 0 bridgehead atoms. The SMILES string of the molecule is CNC(C)c1ccc2c(c1)CCN2CCOC(C)(C)C. The van der Waals surface area contributed by atoms with E-state index in [0.717, 1.165) is 26.1 Å². The second-order valence-corrected chi connectivity index (χ2v) is 6.60. The predicted octanol–water partition coefficient (Wildman–Crippen LogP) is 3.14. The highest BCUT2D eigenvalue weighted by Crippen LogP contribution is 2.30. The van der Waals surface area contributed by atoms with Crippen LogP contribution < -0.4 is 10.2 Å². The van der Waals surface area contributed by atoms with Gasteiger partial charge in [0.2, 0.25) is 0 Å². The van der Waals surface area contributed by atoms with Gasteiger partial charge in [-0.1, -0.05) is 12.1 Å². The average molecular weight is 276 g/mol. The van der Waals surface area contributed by atoms with Crippen molar-refractivity contribution in [3.63, 3.8) is 0 Å². The Hall–Kier alpha value is -1.06. The van der Waals surface area contributed by atoms with Gasteiger partial charge >= 0.3 is 0 Å². The first-order chi connectivity index (χ1) is 9.40. The van der Waals surface area contributed by atoms with Crippen molar-refractivity contribution < 1.29 is 4.74 Å². The second kappa shape index (κ2) is 6.15. The first kappa shape index (κ1) is 15.3. The summed E-state index contributed by atoms with van der Waals surface area (Å²) in [6.45, 7) is 11.4. The van der Waals surface area contributed by atoms with Crippen LogP contribution in [0.4, 0.5) is 5.69 Å². The summed E-state index contributed by atoms with van der Waals surface area (Å²) in [5.74, 6) is 0. The van der Waals surface area contributed by atoms with Gasteiger partial charge in [0.15, 0.2) is 0 Å². The molecule has 1 unspecified atom stereocenters. The van der Waals surface area contributed by atoms with Crippen LogP contribution in [0.1, 0.15) is 44.9 Å². The molecule has 0 fully saturated rings. The molecule has 3 nitrogen and oxygen atoms in total. The smallest absolute Gasteiger partial charge is 0.0648 e. The molecule has 0 amide bonds. The number of benzene rings is 1. The van der Waals surface area contributed by atoms with Crippen LogP contribution in [0.3, 0.4) is 0 Å². The molecule has 0 aliphatic carbocycles. The Balaban J connectivity index is 1.99. The summed E-state index contributed by atoms with van der Waals surface area (Å²) < 4.78 is 5.83. The predicted molar refractivity (Wildman–Crippen MR) is 85.5 cm³/mol. The lowest BCUT2D eigenvalue weighted by atomic mass is 10.0. The molecule has 1 atom stereocenters. The number of hydrogen-bond acceptors (Lipinski definition) is 3. The lowest BCUT2D eigenvalue weighted by molar-refractivity contribution is 0.00148. The van der Waals surface area contributed by atoms with Gasteiger partial charge in [0, 0.05) is 24.8 Å². The van der Waals surface area contributed by atoms with Gasteiger partial charge in [0.05, 0.1) is 12.2 Å². The van der Waals surface area contributed by atoms with Crippen LogP contribution in [0.2, 0.25) is 0 Å². The molecule has 112 valence electrons. The van der Waals surface area contributed by atoms with Crippen LogP contribution in [0.15, 0.2) is 18.2 Å². The van der Waals surface area contributed by atoms with Gasteiger partial charge in [0.1, 0.15) is 0 Å². The Morgan fingerprint density at radius 1 is 1.35 bits per heavy atom. The number of nitrogens with zero attached hydrogens (tertiary/aromatic N) is 1. The Bertz CT molecular complexity index is 451. The summed E-state index contributed by atoms with van der Waals surface area (Å²) in [5.41, 5.74) is 4.18. The van der Waals surface area contributed by atoms with Crippen LogP contribution in [0, 0.1) is 0 Å². The Labute approximate surface area is 123 Å². The maximum atomic E-state index is 5.83. The van der Waals surface area contributed by atoms with Crippen molar-refractivity contribution in [1.29, 1.82) is 0 Å². The van der Waals surface area contributed by atoms with Crippen molar-refractivity contribution in [3.05, 3.63) is 29.3 Å². The van der Waals surface area contributed by atoms with E-state index in [-0.39, 0.29) is 5.60 Å². The minimum atomic E-state index is -0.0470. The van der Waals surface area contributed by atoms with Gasteiger partial charge in [-0.05, 0) is 58.4 Å². The maximum Gasteiger partial charge on any atom is 0.0648 e. The molecule has 20 heavy (non-hydrogen) atoms. The van der Waals surface area contributed by atoms with E-state index in [2.05, 4.69) is 56.1 Å². The van der Waals surface area contributed by atoms with Crippen molar-refractivity contribution in [2.45, 2.75) is 45.8 Å². The molecule has 0 saturated heterocycles. The Morgan fingerprint density at radius 3 is 2.75 bits per heavy atom. The molecule has 1 aromatic carbocycles. The molecule has 1 aliphatic heterocycles. The molecular weight excluding hydrogens is 248 g/mol. The van der Waals surface area contributed by atoms with E-state index in [1.807, 2.05) is 7.05 Å². The summed E-state index contributed by atoms with van der Waals surface area (Å²) in [7, 11) is 2.01. The quantitative estimate of drug-likeness (QED) is 0.894. The monoisotopic (exact) mass is 276 g/mol. The van der Waals surface area contributed by atoms with E-state index in [4.69, 9.17) is 4.74 Å². The fourth-order valence-corrected chi connectivity index (χ4v) is 2.62. The minimum absolute atomic E-state index is 0.0470. The number of anilines is 1. The fraction of sp³-hybridized carbons (Fsp3) is 0.647. The molecule has 1 aliphatic rings. The number of ether oxygens (including phenoxy) is 1. The first-order valence-electron chi connectivity index (χ1n) is 7.60. The number of rotatable bonds is 5. The summed E-state index contributed by atoms with van der Waals surface area (Å²) in [6.07, 6.45) is 1.15. The number of fused-ring (bicyclic) bond motifs is 1. The zero-order chi connectivity index (χ0) is 14.8. The molecule has 0 saturated carbocycles. The van der Waals surface area contributed by atoms with Gasteiger partial charge in [-0.25, -0.2) is 0 Å². The highest BCUT2D eigenvalue weighted by molar-refractivity contribution is 5.59. The zero-order valence-electron chi connectivity index (χ0n) is 13.5. The molecule has 1 aromatic rings. The molecule has 0 radical (unpaired) electrons. The van der Waals surface area contributed by atoms with Gasteiger partial charge in [0.25, 0.3) is 0 Å². The van der Waals surface area contributed by atoms with Crippen LogP contribution in [-0.2, 0) is 11.2 Å². The van der Waals surface area contributed by atoms with E-state index in [9.17, 15) is 0 Å². The Kier molecular flexibility index (Phi) is 4.71. The summed E-state index contributed by atoms with van der Waals surface area (Å²) in [6, 6.07) is 7.27. The number of hydrogen-bond donors (Lipinski definition) is 1. The van der Waals surface area contributed by atoms with E-state index in [1.165, 1.54) is 16.8 Å². The normalized spacial score (nSPS) is 16.4. The fourth-order valence-electron chi connectivity index (χ4n) is 2.62. The van der Waals surface area contributed by atoms with E-state index < -0.39 is 0 Å². The molecule has 2 rings (SSSR count). The number of nitrogens with one attached hydrogen (secondary N) is 1. The van der Waals surface area contributed by atoms with Crippen LogP contribution in [0.25, 0.3) is 0 Å². The van der Waals surface area contributed by atoms with Gasteiger partial charge in [-0.2, -0.15) is 0 Å². The molecular formula is C17H28N2O. The average Bonchev–Trinajstić information content (AvgIpc) is 2.79. The minimum Gasteiger partial charge on any atom is -0.374 e. The largest absolute Gasteiger partial charge is 0.374 e. The van der Waals surface area contributed by atoms with Crippen molar-refractivity contribution in [2.24, 2.45) is 0 Å². The zero-order valence-corrected chi connectivity index (χ0v) is 13.5. The first-order valence-corrected chi connectivity index (χ1v) is 7.60. The van der Waals surface area contributed by atoms with E-state index in [1.54, 1.807) is 0 Å². The summed E-state index contributed by atoms with van der Waals surface area (Å²) in [5, 5.41) is 3.30. The third-order valence-corrected chi connectivity index (χ3v) is 3.92. The Morgan fingerprint density at radius 2 is 2.10 bits per heavy atom. The van der Waals surface area contributed by atoms with Gasteiger partial charge in [-0.3, -0.25) is 0 Å². The summed E-state index contributed by atoms with van der Waals surface area (Å²) >= 11 is 0. The van der Waals surface area contributed by atoms with Crippen LogP contribution >= 0.6 is 0 Å². The van der Waals surface area contributed by atoms with Crippen molar-refractivity contribution >= 4 is 5.69 Å². The molecule has 0 spiro atoms. The van der Waals surface area contributed by atoms with Crippen LogP contribution in [0.5, 0.6) is 0 Å². The van der Waals surface area contributed by atoms with Gasteiger partial charge in [-0.15, -0.1) is 0 Å². The topological polar surface area (TPSA) is 24.5 Å². The highest BCUT2D eigenvalue weighted by atomic mass is 16.5. The third-order valence-electron chi connectivity index (χ3n) is 3.92. The third kappa shape index (κ3) is 3.74. The van der Waals surface area contributed by atoms with Crippen molar-refractivity contribution in [1.82, 2.24) is 5.32 Å². The molecule has 0 aromatic heterocycles. The van der Waals surface area contributed by atoms with Crippen LogP contribution in [-0.4, -0.2) is 32.3 Å². The molecule has 3 heteroatoms. The summed E-state index contributed by atoms with van der Waals surface area (Å²) in [4.78, 5) is 2.44. The van der Waals surface area contributed by atoms with Crippen molar-refractivity contribution in [2.75, 3.05) is 31.6 Å². The van der Waals surface area contributed by atoms with Crippen molar-refractivity contribution in [3.8, 4) is 0 Å². The standard InChI is InChI=1S/C17H28N2O/c1-13(18-5)14-6-7-16-15(12-14)8-9-19(16)10-11-20-17(2,3)4/h6-7,12-13,18H,8-11H2,1-5H3. The lowest BCUT2D eigenvalue weighted by Gasteiger charge is -2.24.